The van der Waals surface area contributed by atoms with E-state index in [0.717, 1.165) is 49.7 Å². The number of fused-ring (bicyclic) bond motifs is 4. The van der Waals surface area contributed by atoms with Crippen LogP contribution in [0.3, 0.4) is 0 Å². The minimum Gasteiger partial charge on any atom is -0.386 e. The molecule has 1 N–H and O–H groups in total. The van der Waals surface area contributed by atoms with Crippen molar-refractivity contribution in [2.75, 3.05) is 25.1 Å². The lowest BCUT2D eigenvalue weighted by Gasteiger charge is -2.39. The lowest BCUT2D eigenvalue weighted by atomic mass is 9.65. The molecule has 0 amide bonds. The predicted molar refractivity (Wildman–Crippen MR) is 215 cm³/mol. The van der Waals surface area contributed by atoms with Crippen LogP contribution in [0, 0.1) is 21.7 Å². The lowest BCUT2D eigenvalue weighted by Crippen LogP contribution is -2.37. The van der Waals surface area contributed by atoms with E-state index < -0.39 is 31.2 Å². The number of benzene rings is 2. The topological polar surface area (TPSA) is 104 Å². The number of alkyl halides is 1. The minimum absolute atomic E-state index is 0.0759. The number of nitrogens with zero attached hydrogens (tertiary/aromatic N) is 2. The average molecular weight is 859 g/mol. The molecule has 4 aliphatic rings. The highest BCUT2D eigenvalue weighted by Crippen LogP contribution is 2.55. The SMILES string of the molecule is CC1(C)CC2CC(C)(CN2S(=O)(=O)c2ccc(C(C)(C)O)cc2)C1.CI.COC(C)(C)c1ccc(S(=O)(=O)N2CC3(C)CC2CC(C)(C)C3)cc1. The molecule has 0 radical (unpaired) electrons. The molecular formula is C40H63IN2O6S2. The Bertz CT molecular complexity index is 1750. The van der Waals surface area contributed by atoms with Crippen molar-refractivity contribution in [1.29, 1.82) is 0 Å². The van der Waals surface area contributed by atoms with Crippen molar-refractivity contribution in [3.63, 3.8) is 0 Å². The third kappa shape index (κ3) is 9.24. The fraction of sp³-hybridized carbons (Fsp3) is 0.700. The molecule has 2 aromatic rings. The standard InChI is InChI=1S/C20H31NO3S.C19H29NO3S.CH3I/c1-18(2)11-16-12-20(5,13-18)14-21(16)25(22,23)17-9-7-15(8-10-17)19(3,4)24-6;1-17(2)10-15-11-19(5,12-17)13-20(15)24(22,23)16-8-6-14(7-9-16)18(3,4)21;1-2/h7-10,16H,11-14H2,1-6H3;6-9,15,21H,10-13H2,1-5H3;1H3. The Morgan fingerprint density at radius 1 is 0.647 bits per heavy atom. The fourth-order valence-corrected chi connectivity index (χ4v) is 13.4. The number of methoxy groups -OCH3 is 1. The van der Waals surface area contributed by atoms with Crippen LogP contribution in [0.4, 0.5) is 0 Å². The van der Waals surface area contributed by atoms with Gasteiger partial charge in [0.2, 0.25) is 20.0 Å². The van der Waals surface area contributed by atoms with Crippen LogP contribution in [0.15, 0.2) is 58.3 Å². The smallest absolute Gasteiger partial charge is 0.243 e. The van der Waals surface area contributed by atoms with E-state index in [1.807, 2.05) is 30.9 Å². The first-order chi connectivity index (χ1) is 23.2. The largest absolute Gasteiger partial charge is 0.386 e. The number of ether oxygens (including phenoxy) is 1. The van der Waals surface area contributed by atoms with Crippen molar-refractivity contribution in [2.45, 2.75) is 141 Å². The molecule has 4 unspecified atom stereocenters. The highest BCUT2D eigenvalue weighted by atomic mass is 127. The Morgan fingerprint density at radius 3 is 1.29 bits per heavy atom. The molecule has 51 heavy (non-hydrogen) atoms. The highest BCUT2D eigenvalue weighted by molar-refractivity contribution is 14.1. The van der Waals surface area contributed by atoms with Crippen molar-refractivity contribution in [2.24, 2.45) is 21.7 Å². The maximum atomic E-state index is 13.3. The molecule has 11 heteroatoms. The summed E-state index contributed by atoms with van der Waals surface area (Å²) in [5.74, 6) is 0. The van der Waals surface area contributed by atoms with Gasteiger partial charge in [0.25, 0.3) is 0 Å². The van der Waals surface area contributed by atoms with Gasteiger partial charge in [-0.3, -0.25) is 0 Å². The van der Waals surface area contributed by atoms with E-state index in [2.05, 4.69) is 64.1 Å². The summed E-state index contributed by atoms with van der Waals surface area (Å²) in [5, 5.41) is 10.0. The van der Waals surface area contributed by atoms with Crippen molar-refractivity contribution >= 4 is 42.6 Å². The van der Waals surface area contributed by atoms with Gasteiger partial charge in [-0.2, -0.15) is 8.61 Å². The molecule has 2 aromatic carbocycles. The van der Waals surface area contributed by atoms with Crippen LogP contribution in [-0.2, 0) is 36.0 Å². The van der Waals surface area contributed by atoms with Crippen LogP contribution < -0.4 is 0 Å². The molecule has 8 nitrogen and oxygen atoms in total. The summed E-state index contributed by atoms with van der Waals surface area (Å²) in [6.07, 6.45) is 5.95. The molecule has 0 spiro atoms. The van der Waals surface area contributed by atoms with E-state index in [-0.39, 0.29) is 33.7 Å². The highest BCUT2D eigenvalue weighted by Gasteiger charge is 2.54. The van der Waals surface area contributed by atoms with Gasteiger partial charge in [-0.25, -0.2) is 16.8 Å². The molecule has 4 fully saturated rings. The maximum Gasteiger partial charge on any atom is 0.243 e. The summed E-state index contributed by atoms with van der Waals surface area (Å²) in [6, 6.07) is 14.1. The zero-order chi connectivity index (χ0) is 38.6. The van der Waals surface area contributed by atoms with Gasteiger partial charge < -0.3 is 9.84 Å². The van der Waals surface area contributed by atoms with Gasteiger partial charge >= 0.3 is 0 Å². The third-order valence-electron chi connectivity index (χ3n) is 11.6. The summed E-state index contributed by atoms with van der Waals surface area (Å²) in [6.45, 7) is 22.0. The Balaban J connectivity index is 0.000000218. The normalized spacial score (nSPS) is 29.1. The molecule has 0 aromatic heterocycles. The molecule has 2 saturated heterocycles. The van der Waals surface area contributed by atoms with Gasteiger partial charge in [0.15, 0.2) is 0 Å². The summed E-state index contributed by atoms with van der Waals surface area (Å²) in [7, 11) is -5.29. The Labute approximate surface area is 323 Å². The van der Waals surface area contributed by atoms with Crippen LogP contribution in [0.1, 0.15) is 119 Å². The second-order valence-corrected chi connectivity index (χ2v) is 22.6. The van der Waals surface area contributed by atoms with Crippen molar-refractivity contribution in [3.05, 3.63) is 59.7 Å². The van der Waals surface area contributed by atoms with Gasteiger partial charge in [0.05, 0.1) is 21.0 Å². The number of rotatable bonds is 7. The molecule has 288 valence electrons. The molecule has 2 heterocycles. The van der Waals surface area contributed by atoms with E-state index >= 15 is 0 Å². The van der Waals surface area contributed by atoms with E-state index in [1.165, 1.54) is 0 Å². The molecule has 4 atom stereocenters. The third-order valence-corrected chi connectivity index (χ3v) is 15.4. The van der Waals surface area contributed by atoms with Gasteiger partial charge in [0.1, 0.15) is 0 Å². The Morgan fingerprint density at radius 2 is 0.980 bits per heavy atom. The molecule has 2 aliphatic carbocycles. The van der Waals surface area contributed by atoms with E-state index in [4.69, 9.17) is 4.74 Å². The number of hydrogen-bond acceptors (Lipinski definition) is 6. The summed E-state index contributed by atoms with van der Waals surface area (Å²) in [4.78, 5) is 2.68. The Kier molecular flexibility index (Phi) is 12.1. The number of sulfonamides is 2. The molecule has 4 bridgehead atoms. The number of halogens is 1. The van der Waals surface area contributed by atoms with Gasteiger partial charge in [-0.1, -0.05) is 88.4 Å². The quantitative estimate of drug-likeness (QED) is 0.221. The maximum absolute atomic E-state index is 13.3. The fourth-order valence-electron chi connectivity index (χ4n) is 9.83. The van der Waals surface area contributed by atoms with Crippen LogP contribution in [0.5, 0.6) is 0 Å². The Hall–Kier alpha value is -1.09. The number of aliphatic hydroxyl groups is 1. The first-order valence-electron chi connectivity index (χ1n) is 18.1. The summed E-state index contributed by atoms with van der Waals surface area (Å²) in [5.41, 5.74) is 0.857. The minimum atomic E-state index is -3.49. The van der Waals surface area contributed by atoms with Crippen LogP contribution in [0.2, 0.25) is 0 Å². The molecule has 6 rings (SSSR count). The second-order valence-electron chi connectivity index (χ2n) is 18.9. The van der Waals surface area contributed by atoms with Crippen LogP contribution >= 0.6 is 22.6 Å². The number of hydrogen-bond donors (Lipinski definition) is 1. The zero-order valence-corrected chi connectivity index (χ0v) is 36.8. The predicted octanol–water partition coefficient (Wildman–Crippen LogP) is 8.71. The van der Waals surface area contributed by atoms with Gasteiger partial charge in [0, 0.05) is 32.3 Å². The monoisotopic (exact) mass is 858 g/mol. The van der Waals surface area contributed by atoms with E-state index in [1.54, 1.807) is 66.0 Å². The van der Waals surface area contributed by atoms with Gasteiger partial charge in [-0.15, -0.1) is 0 Å². The lowest BCUT2D eigenvalue weighted by molar-refractivity contribution is 0.0192. The van der Waals surface area contributed by atoms with E-state index in [9.17, 15) is 21.9 Å². The van der Waals surface area contributed by atoms with Crippen molar-refractivity contribution in [3.8, 4) is 0 Å². The van der Waals surface area contributed by atoms with Crippen molar-refractivity contribution < 1.29 is 26.7 Å². The van der Waals surface area contributed by atoms with Gasteiger partial charge in [-0.05, 0) is 128 Å². The first-order valence-corrected chi connectivity index (χ1v) is 23.2. The van der Waals surface area contributed by atoms with Crippen LogP contribution in [0.25, 0.3) is 0 Å². The van der Waals surface area contributed by atoms with Crippen molar-refractivity contribution in [1.82, 2.24) is 8.61 Å². The molecule has 2 saturated carbocycles. The molecular weight excluding hydrogens is 795 g/mol. The van der Waals surface area contributed by atoms with Crippen LogP contribution in [-0.4, -0.2) is 67.8 Å². The van der Waals surface area contributed by atoms with E-state index in [0.29, 0.717) is 22.9 Å². The second kappa shape index (κ2) is 14.5. The summed E-state index contributed by atoms with van der Waals surface area (Å²) >= 11 is 2.15. The molecule has 2 aliphatic heterocycles. The summed E-state index contributed by atoms with van der Waals surface area (Å²) < 4.78 is 61.8. The first kappa shape index (κ1) is 42.6. The average Bonchev–Trinajstić information content (AvgIpc) is 3.44. The zero-order valence-electron chi connectivity index (χ0n) is 33.0.